The Balaban J connectivity index is 0.000000111. The predicted molar refractivity (Wildman–Crippen MR) is 449 cm³/mol. The van der Waals surface area contributed by atoms with E-state index in [4.69, 9.17) is 0 Å². The molecular formula is C100H112N8O8. The Morgan fingerprint density at radius 3 is 0.371 bits per heavy atom. The van der Waals surface area contributed by atoms with Crippen LogP contribution < -0.4 is 42.5 Å². The Morgan fingerprint density at radius 1 is 0.164 bits per heavy atom. The second-order valence-corrected chi connectivity index (χ2v) is 35.5. The van der Waals surface area contributed by atoms with Crippen LogP contribution in [0.1, 0.15) is 220 Å². The maximum absolute atomic E-state index is 12.9. The van der Waals surface area contributed by atoms with E-state index in [-0.39, 0.29) is 143 Å². The van der Waals surface area contributed by atoms with E-state index >= 15 is 0 Å². The molecule has 24 atom stereocenters. The molecule has 20 rings (SSSR count). The first-order valence-corrected chi connectivity index (χ1v) is 43.6. The van der Waals surface area contributed by atoms with Gasteiger partial charge in [0.15, 0.2) is 0 Å². The molecule has 16 nitrogen and oxygen atoms in total. The summed E-state index contributed by atoms with van der Waals surface area (Å²) in [5.74, 6) is 2.51. The van der Waals surface area contributed by atoms with Gasteiger partial charge in [0.05, 0.1) is 0 Å². The molecule has 8 aromatic rings. The Bertz CT molecular complexity index is 3830. The maximum atomic E-state index is 12.9. The minimum absolute atomic E-state index is 0.0708. The van der Waals surface area contributed by atoms with Gasteiger partial charge in [0.2, 0.25) is 47.3 Å². The summed E-state index contributed by atoms with van der Waals surface area (Å²) in [6, 6.07) is 84.7. The lowest BCUT2D eigenvalue weighted by Gasteiger charge is -2.19. The number of carbonyl (C=O) groups excluding carboxylic acids is 8. The van der Waals surface area contributed by atoms with Gasteiger partial charge in [-0.05, 0) is 147 Å². The highest BCUT2D eigenvalue weighted by Gasteiger charge is 2.52. The van der Waals surface area contributed by atoms with Gasteiger partial charge in [-0.25, -0.2) is 0 Å². The average molecular weight is 1550 g/mol. The first-order chi connectivity index (χ1) is 56.8. The van der Waals surface area contributed by atoms with E-state index in [0.29, 0.717) is 47.3 Å². The van der Waals surface area contributed by atoms with E-state index in [1.54, 1.807) is 0 Å². The molecular weight excluding hydrogens is 1440 g/mol. The maximum Gasteiger partial charge on any atom is 0.224 e. The van der Waals surface area contributed by atoms with Gasteiger partial charge >= 0.3 is 0 Å². The lowest BCUT2D eigenvalue weighted by Crippen LogP contribution is -2.41. The Kier molecular flexibility index (Phi) is 23.9. The highest BCUT2D eigenvalue weighted by Crippen LogP contribution is 2.49. The number of hydrogen-bond donors (Lipinski definition) is 8. The van der Waals surface area contributed by atoms with Gasteiger partial charge in [-0.3, -0.25) is 38.4 Å². The highest BCUT2D eigenvalue weighted by atomic mass is 16.2. The van der Waals surface area contributed by atoms with Gasteiger partial charge in [0, 0.05) is 143 Å². The van der Waals surface area contributed by atoms with Crippen LogP contribution >= 0.6 is 0 Å². The standard InChI is InChI=1S/4C25H28N2O2/c4*28-24(26-22-14-20(22)16-8-3-1-4-9-16)18-12-7-13-19(18)25(29)27-23-15-21(23)17-10-5-2-6-11-17/h4*1-6,8-11,18-23H,7,12-15H2,(H,26,28)(H,27,29)/t2*18-,19-,20+,21+,22-,23-;2*18-,19-,20-,21-,22+,23+/m1010/s1. The molecule has 8 aromatic carbocycles. The molecule has 0 spiro atoms. The average Bonchev–Trinajstić information content (AvgIpc) is 1.66. The molecule has 0 heterocycles. The summed E-state index contributed by atoms with van der Waals surface area (Å²) < 4.78 is 0. The van der Waals surface area contributed by atoms with Crippen molar-refractivity contribution in [2.45, 2.75) is 224 Å². The second kappa shape index (κ2) is 35.5. The van der Waals surface area contributed by atoms with E-state index in [9.17, 15) is 38.4 Å². The smallest absolute Gasteiger partial charge is 0.224 e. The molecule has 12 fully saturated rings. The van der Waals surface area contributed by atoms with E-state index in [1.165, 1.54) is 44.5 Å². The normalized spacial score (nSPS) is 32.4. The number of nitrogens with one attached hydrogen (secondary N) is 8. The minimum atomic E-state index is -0.180. The summed E-state index contributed by atoms with van der Waals surface area (Å²) in [5, 5.41) is 25.7. The van der Waals surface area contributed by atoms with Crippen LogP contribution in [0.25, 0.3) is 0 Å². The number of benzene rings is 8. The quantitative estimate of drug-likeness (QED) is 0.0289. The Labute approximate surface area is 682 Å². The Morgan fingerprint density at radius 2 is 0.267 bits per heavy atom. The largest absolute Gasteiger partial charge is 0.352 e. The van der Waals surface area contributed by atoms with Crippen molar-refractivity contribution in [2.75, 3.05) is 0 Å². The predicted octanol–water partition coefficient (Wildman–Crippen LogP) is 15.0. The molecule has 12 aliphatic rings. The van der Waals surface area contributed by atoms with E-state index < -0.39 is 0 Å². The minimum Gasteiger partial charge on any atom is -0.352 e. The van der Waals surface area contributed by atoms with Crippen LogP contribution in [0.15, 0.2) is 243 Å². The van der Waals surface area contributed by atoms with Gasteiger partial charge in [0.25, 0.3) is 0 Å². The first kappa shape index (κ1) is 78.1. The van der Waals surface area contributed by atoms with E-state index in [2.05, 4.69) is 140 Å². The number of hydrogen-bond acceptors (Lipinski definition) is 8. The molecule has 12 saturated carbocycles. The van der Waals surface area contributed by atoms with E-state index in [0.717, 1.165) is 128 Å². The van der Waals surface area contributed by atoms with Crippen LogP contribution in [0.3, 0.4) is 0 Å². The van der Waals surface area contributed by atoms with Crippen LogP contribution in [0.2, 0.25) is 0 Å². The molecule has 600 valence electrons. The summed E-state index contributed by atoms with van der Waals surface area (Å²) in [5.41, 5.74) is 10.3. The fourth-order valence-corrected chi connectivity index (χ4v) is 20.1. The lowest BCUT2D eigenvalue weighted by molar-refractivity contribution is -0.133. The summed E-state index contributed by atoms with van der Waals surface area (Å²) in [7, 11) is 0. The third-order valence-electron chi connectivity index (χ3n) is 27.5. The van der Waals surface area contributed by atoms with Crippen molar-refractivity contribution in [3.63, 3.8) is 0 Å². The van der Waals surface area contributed by atoms with Crippen LogP contribution in [0.4, 0.5) is 0 Å². The second-order valence-electron chi connectivity index (χ2n) is 35.5. The fourth-order valence-electron chi connectivity index (χ4n) is 20.1. The zero-order valence-corrected chi connectivity index (χ0v) is 66.4. The number of carbonyl (C=O) groups is 8. The zero-order chi connectivity index (χ0) is 79.2. The first-order valence-electron chi connectivity index (χ1n) is 43.6. The third kappa shape index (κ3) is 19.3. The van der Waals surface area contributed by atoms with E-state index in [1.807, 2.05) is 146 Å². The van der Waals surface area contributed by atoms with Gasteiger partial charge < -0.3 is 42.5 Å². The highest BCUT2D eigenvalue weighted by molar-refractivity contribution is 5.92. The molecule has 0 bridgehead atoms. The van der Waals surface area contributed by atoms with Crippen molar-refractivity contribution in [1.82, 2.24) is 42.5 Å². The van der Waals surface area contributed by atoms with Gasteiger partial charge in [-0.1, -0.05) is 268 Å². The van der Waals surface area contributed by atoms with Crippen LogP contribution in [-0.2, 0) is 38.4 Å². The van der Waals surface area contributed by atoms with Gasteiger partial charge in [-0.15, -0.1) is 0 Å². The Hall–Kier alpha value is -10.5. The monoisotopic (exact) mass is 1550 g/mol. The van der Waals surface area contributed by atoms with Crippen molar-refractivity contribution in [3.8, 4) is 0 Å². The molecule has 0 aromatic heterocycles. The summed E-state index contributed by atoms with van der Waals surface area (Å²) in [6.45, 7) is 0. The van der Waals surface area contributed by atoms with Gasteiger partial charge in [-0.2, -0.15) is 0 Å². The van der Waals surface area contributed by atoms with Gasteiger partial charge in [0.1, 0.15) is 0 Å². The van der Waals surface area contributed by atoms with Crippen LogP contribution in [0, 0.1) is 47.3 Å². The summed E-state index contributed by atoms with van der Waals surface area (Å²) >= 11 is 0. The third-order valence-corrected chi connectivity index (χ3v) is 27.5. The van der Waals surface area contributed by atoms with Crippen LogP contribution in [0.5, 0.6) is 0 Å². The van der Waals surface area contributed by atoms with Crippen molar-refractivity contribution >= 4 is 47.3 Å². The van der Waals surface area contributed by atoms with Crippen molar-refractivity contribution in [1.29, 1.82) is 0 Å². The van der Waals surface area contributed by atoms with Crippen LogP contribution in [-0.4, -0.2) is 95.6 Å². The molecule has 116 heavy (non-hydrogen) atoms. The molecule has 0 radical (unpaired) electrons. The summed E-state index contributed by atoms with van der Waals surface area (Å²) in [4.78, 5) is 103. The van der Waals surface area contributed by atoms with Crippen molar-refractivity contribution in [2.24, 2.45) is 47.3 Å². The SMILES string of the molecule is O=C(N[C@@H]1C[C@H]1c1ccccc1)[C@@H]1CCC[C@H]1C(=O)N[C@@H]1C[C@H]1c1ccccc1.O=C(N[C@@H]1C[C@H]1c1ccccc1)[C@H]1CCC[C@@H]1C(=O)N[C@@H]1C[C@H]1c1ccccc1.O=C(N[C@H]1C[C@@H]1c1ccccc1)[C@@H]1CCC[C@H]1C(=O)N[C@H]1C[C@@H]1c1ccccc1.O=C(N[C@H]1C[C@@H]1c1ccccc1)[C@H]1CCC[C@@H]1C(=O)N[C@H]1C[C@@H]1c1ccccc1. The molecule has 0 saturated heterocycles. The molecule has 0 unspecified atom stereocenters. The molecule has 8 amide bonds. The van der Waals surface area contributed by atoms with Crippen molar-refractivity contribution in [3.05, 3.63) is 287 Å². The van der Waals surface area contributed by atoms with Crippen molar-refractivity contribution < 1.29 is 38.4 Å². The molecule has 12 aliphatic carbocycles. The number of amides is 8. The molecule has 16 heteroatoms. The summed E-state index contributed by atoms with van der Waals surface area (Å²) in [6.07, 6.45) is 18.4. The lowest BCUT2D eigenvalue weighted by atomic mass is 9.94. The molecule has 0 aliphatic heterocycles. The fraction of sp³-hybridized carbons (Fsp3) is 0.440. The number of rotatable bonds is 24. The zero-order valence-electron chi connectivity index (χ0n) is 66.4. The topological polar surface area (TPSA) is 233 Å². The molecule has 8 N–H and O–H groups in total.